The van der Waals surface area contributed by atoms with Gasteiger partial charge in [-0.1, -0.05) is 12.5 Å². The van der Waals surface area contributed by atoms with Crippen LogP contribution >= 0.6 is 0 Å². The second-order valence-electron chi connectivity index (χ2n) is 3.53. The van der Waals surface area contributed by atoms with Crippen LogP contribution in [0.25, 0.3) is 0 Å². The highest BCUT2D eigenvalue weighted by Gasteiger charge is 2.15. The minimum Gasteiger partial charge on any atom is -0.330 e. The van der Waals surface area contributed by atoms with Gasteiger partial charge in [0.25, 0.3) is 0 Å². The maximum absolute atomic E-state index is 13.3. The highest BCUT2D eigenvalue weighted by atomic mass is 19.1. The molecule has 0 fully saturated rings. The Morgan fingerprint density at radius 3 is 2.27 bits per heavy atom. The average Bonchev–Trinajstić information content (AvgIpc) is 2.18. The van der Waals surface area contributed by atoms with E-state index in [-0.39, 0.29) is 5.56 Å². The lowest BCUT2D eigenvalue weighted by molar-refractivity contribution is 0.500. The molecule has 0 amide bonds. The summed E-state index contributed by atoms with van der Waals surface area (Å²) in [5.41, 5.74) is 11.0. The van der Waals surface area contributed by atoms with E-state index in [1.54, 1.807) is 0 Å². The van der Waals surface area contributed by atoms with Gasteiger partial charge in [0.2, 0.25) is 0 Å². The summed E-state index contributed by atoms with van der Waals surface area (Å²) in [6, 6.07) is 3.20. The van der Waals surface area contributed by atoms with Gasteiger partial charge >= 0.3 is 0 Å². The molecule has 2 nitrogen and oxygen atoms in total. The van der Waals surface area contributed by atoms with Crippen molar-refractivity contribution in [3.8, 4) is 0 Å². The summed E-state index contributed by atoms with van der Waals surface area (Å²) in [4.78, 5) is 0. The Labute approximate surface area is 88.3 Å². The van der Waals surface area contributed by atoms with Gasteiger partial charge in [0.1, 0.15) is 11.6 Å². The molecule has 0 aliphatic heterocycles. The summed E-state index contributed by atoms with van der Waals surface area (Å²) < 4.78 is 26.5. The fourth-order valence-electron chi connectivity index (χ4n) is 1.52. The van der Waals surface area contributed by atoms with Crippen molar-refractivity contribution in [3.63, 3.8) is 0 Å². The van der Waals surface area contributed by atoms with Gasteiger partial charge in [0, 0.05) is 11.6 Å². The lowest BCUT2D eigenvalue weighted by Crippen LogP contribution is -2.14. The molecule has 1 aromatic rings. The zero-order chi connectivity index (χ0) is 11.3. The third kappa shape index (κ3) is 3.25. The molecule has 4 heteroatoms. The number of rotatable bonds is 5. The summed E-state index contributed by atoms with van der Waals surface area (Å²) in [6.07, 6.45) is 2.16. The minimum absolute atomic E-state index is 0.0190. The first-order chi connectivity index (χ1) is 7.16. The number of benzene rings is 1. The summed E-state index contributed by atoms with van der Waals surface area (Å²) in [5, 5.41) is 0. The second-order valence-corrected chi connectivity index (χ2v) is 3.53. The maximum atomic E-state index is 13.3. The normalized spacial score (nSPS) is 12.8. The molecular formula is C11H16F2N2. The van der Waals surface area contributed by atoms with E-state index in [0.29, 0.717) is 13.0 Å². The predicted molar refractivity (Wildman–Crippen MR) is 56.2 cm³/mol. The van der Waals surface area contributed by atoms with E-state index in [4.69, 9.17) is 11.5 Å². The molecule has 0 aliphatic rings. The molecule has 15 heavy (non-hydrogen) atoms. The van der Waals surface area contributed by atoms with Crippen molar-refractivity contribution in [2.24, 2.45) is 11.5 Å². The topological polar surface area (TPSA) is 52.0 Å². The van der Waals surface area contributed by atoms with Crippen LogP contribution in [0.3, 0.4) is 0 Å². The number of nitrogens with two attached hydrogens (primary N) is 2. The second kappa shape index (κ2) is 5.78. The van der Waals surface area contributed by atoms with Gasteiger partial charge < -0.3 is 11.5 Å². The van der Waals surface area contributed by atoms with Crippen molar-refractivity contribution in [3.05, 3.63) is 35.4 Å². The first kappa shape index (κ1) is 12.1. The molecule has 0 radical (unpaired) electrons. The lowest BCUT2D eigenvalue weighted by Gasteiger charge is -2.13. The third-order valence-electron chi connectivity index (χ3n) is 2.34. The Bertz CT molecular complexity index is 295. The van der Waals surface area contributed by atoms with Crippen molar-refractivity contribution in [2.45, 2.75) is 25.3 Å². The molecule has 4 N–H and O–H groups in total. The molecule has 0 aromatic heterocycles. The van der Waals surface area contributed by atoms with Crippen LogP contribution < -0.4 is 11.5 Å². The molecule has 0 aliphatic carbocycles. The number of halogens is 2. The zero-order valence-electron chi connectivity index (χ0n) is 8.55. The van der Waals surface area contributed by atoms with Crippen LogP contribution in [0.5, 0.6) is 0 Å². The molecule has 84 valence electrons. The third-order valence-corrected chi connectivity index (χ3v) is 2.34. The largest absolute Gasteiger partial charge is 0.330 e. The summed E-state index contributed by atoms with van der Waals surface area (Å²) in [5.74, 6) is -1.15. The quantitative estimate of drug-likeness (QED) is 0.737. The van der Waals surface area contributed by atoms with Crippen LogP contribution in [0.15, 0.2) is 18.2 Å². The van der Waals surface area contributed by atoms with Crippen molar-refractivity contribution in [1.82, 2.24) is 0 Å². The van der Waals surface area contributed by atoms with E-state index < -0.39 is 17.7 Å². The Morgan fingerprint density at radius 1 is 1.13 bits per heavy atom. The smallest absolute Gasteiger partial charge is 0.130 e. The van der Waals surface area contributed by atoms with Crippen LogP contribution in [0.4, 0.5) is 8.78 Å². The summed E-state index contributed by atoms with van der Waals surface area (Å²) in [7, 11) is 0. The van der Waals surface area contributed by atoms with E-state index in [2.05, 4.69) is 0 Å². The SMILES string of the molecule is NCCCC[C@@H](N)c1c(F)cccc1F. The average molecular weight is 214 g/mol. The first-order valence-electron chi connectivity index (χ1n) is 5.06. The van der Waals surface area contributed by atoms with E-state index >= 15 is 0 Å². The van der Waals surface area contributed by atoms with Crippen LogP contribution in [0, 0.1) is 11.6 Å². The molecule has 1 atom stereocenters. The fourth-order valence-corrected chi connectivity index (χ4v) is 1.52. The van der Waals surface area contributed by atoms with E-state index in [9.17, 15) is 8.78 Å². The van der Waals surface area contributed by atoms with E-state index in [0.717, 1.165) is 12.8 Å². The molecule has 0 bridgehead atoms. The number of hydrogen-bond donors (Lipinski definition) is 2. The molecule has 0 heterocycles. The summed E-state index contributed by atoms with van der Waals surface area (Å²) in [6.45, 7) is 0.576. The van der Waals surface area contributed by atoms with Crippen molar-refractivity contribution in [1.29, 1.82) is 0 Å². The lowest BCUT2D eigenvalue weighted by atomic mass is 10.0. The highest BCUT2D eigenvalue weighted by molar-refractivity contribution is 5.22. The first-order valence-corrected chi connectivity index (χ1v) is 5.06. The van der Waals surface area contributed by atoms with Gasteiger partial charge in [-0.25, -0.2) is 8.78 Å². The number of hydrogen-bond acceptors (Lipinski definition) is 2. The molecule has 1 aromatic carbocycles. The van der Waals surface area contributed by atoms with Gasteiger partial charge in [0.15, 0.2) is 0 Å². The molecule has 0 spiro atoms. The molecular weight excluding hydrogens is 198 g/mol. The Balaban J connectivity index is 2.68. The predicted octanol–water partition coefficient (Wildman–Crippen LogP) is 2.09. The summed E-state index contributed by atoms with van der Waals surface area (Å²) >= 11 is 0. The van der Waals surface area contributed by atoms with E-state index in [1.165, 1.54) is 18.2 Å². The monoisotopic (exact) mass is 214 g/mol. The van der Waals surface area contributed by atoms with Crippen LogP contribution in [0.1, 0.15) is 30.9 Å². The molecule has 1 rings (SSSR count). The van der Waals surface area contributed by atoms with Crippen LogP contribution in [-0.2, 0) is 0 Å². The van der Waals surface area contributed by atoms with Gasteiger partial charge in [-0.05, 0) is 31.5 Å². The fraction of sp³-hybridized carbons (Fsp3) is 0.455. The molecule has 0 saturated carbocycles. The molecule has 0 unspecified atom stereocenters. The Hall–Kier alpha value is -1.00. The van der Waals surface area contributed by atoms with Crippen molar-refractivity contribution < 1.29 is 8.78 Å². The number of unbranched alkanes of at least 4 members (excludes halogenated alkanes) is 1. The highest BCUT2D eigenvalue weighted by Crippen LogP contribution is 2.22. The molecule has 0 saturated heterocycles. The van der Waals surface area contributed by atoms with Crippen molar-refractivity contribution >= 4 is 0 Å². The maximum Gasteiger partial charge on any atom is 0.130 e. The van der Waals surface area contributed by atoms with Crippen LogP contribution in [0.2, 0.25) is 0 Å². The zero-order valence-corrected chi connectivity index (χ0v) is 8.55. The van der Waals surface area contributed by atoms with E-state index in [1.807, 2.05) is 0 Å². The Morgan fingerprint density at radius 2 is 1.73 bits per heavy atom. The standard InChI is InChI=1S/C11H16F2N2/c12-8-4-3-5-9(13)11(8)10(15)6-1-2-7-14/h3-5,10H,1-2,6-7,14-15H2/t10-/m1/s1. The van der Waals surface area contributed by atoms with Crippen molar-refractivity contribution in [2.75, 3.05) is 6.54 Å². The van der Waals surface area contributed by atoms with Gasteiger partial charge in [-0.2, -0.15) is 0 Å². The van der Waals surface area contributed by atoms with Gasteiger partial charge in [-0.15, -0.1) is 0 Å². The van der Waals surface area contributed by atoms with Gasteiger partial charge in [-0.3, -0.25) is 0 Å². The van der Waals surface area contributed by atoms with Gasteiger partial charge in [0.05, 0.1) is 0 Å². The Kier molecular flexibility index (Phi) is 4.65. The van der Waals surface area contributed by atoms with Crippen LogP contribution in [-0.4, -0.2) is 6.54 Å². The minimum atomic E-state index is -0.585.